The summed E-state index contributed by atoms with van der Waals surface area (Å²) in [6, 6.07) is 7.16. The fraction of sp³-hybridized carbons (Fsp3) is 0.100. The average molecular weight is 215 g/mol. The number of hydrogen-bond donors (Lipinski definition) is 1. The van der Waals surface area contributed by atoms with Crippen LogP contribution in [0.5, 0.6) is 5.88 Å². The molecule has 0 spiro atoms. The maximum absolute atomic E-state index is 8.75. The van der Waals surface area contributed by atoms with Gasteiger partial charge in [-0.3, -0.25) is 0 Å². The van der Waals surface area contributed by atoms with Gasteiger partial charge in [-0.2, -0.15) is 20.0 Å². The summed E-state index contributed by atoms with van der Waals surface area (Å²) in [6.07, 6.45) is 1.40. The highest BCUT2D eigenvalue weighted by Gasteiger charge is 2.09. The van der Waals surface area contributed by atoms with E-state index in [2.05, 4.69) is 10.1 Å². The Kier molecular flexibility index (Phi) is 2.44. The molecule has 2 aromatic heterocycles. The molecule has 0 aliphatic heterocycles. The van der Waals surface area contributed by atoms with Crippen LogP contribution in [0.25, 0.3) is 5.82 Å². The largest absolute Gasteiger partial charge is 0.481 e. The zero-order chi connectivity index (χ0) is 11.5. The van der Waals surface area contributed by atoms with Crippen molar-refractivity contribution in [2.45, 2.75) is 0 Å². The molecule has 0 aliphatic rings. The Bertz CT molecular complexity index is 555. The Morgan fingerprint density at radius 1 is 1.50 bits per heavy atom. The van der Waals surface area contributed by atoms with Crippen LogP contribution in [-0.4, -0.2) is 21.9 Å². The second kappa shape index (κ2) is 3.90. The number of pyridine rings is 1. The highest BCUT2D eigenvalue weighted by atomic mass is 16.5. The molecular weight excluding hydrogens is 206 g/mol. The van der Waals surface area contributed by atoms with Crippen molar-refractivity contribution in [3.63, 3.8) is 0 Å². The molecule has 2 aromatic rings. The summed E-state index contributed by atoms with van der Waals surface area (Å²) in [4.78, 5) is 4.16. The summed E-state index contributed by atoms with van der Waals surface area (Å²) < 4.78 is 6.38. The van der Waals surface area contributed by atoms with Crippen molar-refractivity contribution in [1.82, 2.24) is 14.8 Å². The van der Waals surface area contributed by atoms with Crippen molar-refractivity contribution in [3.8, 4) is 17.8 Å². The second-order valence-corrected chi connectivity index (χ2v) is 3.01. The van der Waals surface area contributed by atoms with Crippen molar-refractivity contribution in [2.75, 3.05) is 12.8 Å². The lowest BCUT2D eigenvalue weighted by atomic mass is 10.4. The van der Waals surface area contributed by atoms with E-state index >= 15 is 0 Å². The standard InChI is InChI=1S/C10H9N5O/c1-16-9-4-2-3-8(14-9)15-10(12)7(5-11)6-13-15/h2-4,6H,12H2,1H3. The second-order valence-electron chi connectivity index (χ2n) is 3.01. The summed E-state index contributed by atoms with van der Waals surface area (Å²) in [5, 5.41) is 12.7. The lowest BCUT2D eigenvalue weighted by molar-refractivity contribution is 0.397. The first kappa shape index (κ1) is 9.98. The van der Waals surface area contributed by atoms with Gasteiger partial charge in [0, 0.05) is 6.07 Å². The number of methoxy groups -OCH3 is 1. The lowest BCUT2D eigenvalue weighted by Gasteiger charge is -2.04. The van der Waals surface area contributed by atoms with E-state index in [9.17, 15) is 0 Å². The zero-order valence-corrected chi connectivity index (χ0v) is 8.58. The van der Waals surface area contributed by atoms with Crippen molar-refractivity contribution < 1.29 is 4.74 Å². The highest BCUT2D eigenvalue weighted by molar-refractivity contribution is 5.51. The SMILES string of the molecule is COc1cccc(-n2ncc(C#N)c2N)n1. The molecule has 6 nitrogen and oxygen atoms in total. The van der Waals surface area contributed by atoms with Gasteiger partial charge in [-0.15, -0.1) is 0 Å². The number of aromatic nitrogens is 3. The number of rotatable bonds is 2. The van der Waals surface area contributed by atoms with Crippen molar-refractivity contribution in [3.05, 3.63) is 30.0 Å². The molecule has 0 aromatic carbocycles. The smallest absolute Gasteiger partial charge is 0.214 e. The quantitative estimate of drug-likeness (QED) is 0.797. The Morgan fingerprint density at radius 2 is 2.31 bits per heavy atom. The van der Waals surface area contributed by atoms with Crippen LogP contribution in [0.3, 0.4) is 0 Å². The molecule has 0 unspecified atom stereocenters. The minimum absolute atomic E-state index is 0.267. The van der Waals surface area contributed by atoms with Gasteiger partial charge in [0.15, 0.2) is 5.82 Å². The number of nitrogen functional groups attached to an aromatic ring is 1. The van der Waals surface area contributed by atoms with Crippen LogP contribution in [-0.2, 0) is 0 Å². The summed E-state index contributed by atoms with van der Waals surface area (Å²) in [5.41, 5.74) is 6.06. The van der Waals surface area contributed by atoms with E-state index in [0.717, 1.165) is 0 Å². The minimum Gasteiger partial charge on any atom is -0.481 e. The lowest BCUT2D eigenvalue weighted by Crippen LogP contribution is -2.05. The maximum atomic E-state index is 8.75. The Hall–Kier alpha value is -2.55. The highest BCUT2D eigenvalue weighted by Crippen LogP contribution is 2.16. The topological polar surface area (TPSA) is 89.8 Å². The third-order valence-corrected chi connectivity index (χ3v) is 2.06. The molecule has 2 heterocycles. The number of nitrogens with two attached hydrogens (primary N) is 1. The molecule has 0 aliphatic carbocycles. The van der Waals surface area contributed by atoms with Crippen molar-refractivity contribution in [1.29, 1.82) is 5.26 Å². The minimum atomic E-state index is 0.267. The Labute approximate surface area is 91.9 Å². The van der Waals surface area contributed by atoms with Gasteiger partial charge < -0.3 is 10.5 Å². The van der Waals surface area contributed by atoms with Gasteiger partial charge in [0.1, 0.15) is 17.5 Å². The van der Waals surface area contributed by atoms with Crippen LogP contribution in [0.4, 0.5) is 5.82 Å². The zero-order valence-electron chi connectivity index (χ0n) is 8.58. The first-order valence-electron chi connectivity index (χ1n) is 4.51. The molecule has 0 amide bonds. The van der Waals surface area contributed by atoms with E-state index < -0.39 is 0 Å². The number of nitrogens with zero attached hydrogens (tertiary/aromatic N) is 4. The molecule has 80 valence electrons. The van der Waals surface area contributed by atoms with E-state index in [1.54, 1.807) is 18.2 Å². The first-order chi connectivity index (χ1) is 7.76. The van der Waals surface area contributed by atoms with E-state index in [4.69, 9.17) is 15.7 Å². The Morgan fingerprint density at radius 3 is 2.94 bits per heavy atom. The molecule has 6 heteroatoms. The van der Waals surface area contributed by atoms with E-state index in [1.807, 2.05) is 6.07 Å². The van der Waals surface area contributed by atoms with E-state index in [-0.39, 0.29) is 5.82 Å². The predicted molar refractivity (Wildman–Crippen MR) is 57.0 cm³/mol. The van der Waals surface area contributed by atoms with Gasteiger partial charge in [-0.05, 0) is 6.07 Å². The molecule has 16 heavy (non-hydrogen) atoms. The van der Waals surface area contributed by atoms with Crippen LogP contribution in [0.2, 0.25) is 0 Å². The van der Waals surface area contributed by atoms with Gasteiger partial charge >= 0.3 is 0 Å². The normalized spacial score (nSPS) is 9.75. The van der Waals surface area contributed by atoms with Gasteiger partial charge in [0.2, 0.25) is 5.88 Å². The summed E-state index contributed by atoms with van der Waals surface area (Å²) in [5.74, 6) is 1.24. The number of ether oxygens (including phenoxy) is 1. The molecule has 0 bridgehead atoms. The number of anilines is 1. The van der Waals surface area contributed by atoms with E-state index in [0.29, 0.717) is 17.3 Å². The van der Waals surface area contributed by atoms with E-state index in [1.165, 1.54) is 18.0 Å². The molecule has 2 N–H and O–H groups in total. The molecule has 2 rings (SSSR count). The monoisotopic (exact) mass is 215 g/mol. The molecule has 0 saturated heterocycles. The van der Waals surface area contributed by atoms with Crippen LogP contribution >= 0.6 is 0 Å². The van der Waals surface area contributed by atoms with Crippen molar-refractivity contribution in [2.24, 2.45) is 0 Å². The number of nitriles is 1. The third kappa shape index (κ3) is 1.54. The molecule has 0 radical (unpaired) electrons. The van der Waals surface area contributed by atoms with Crippen LogP contribution in [0.15, 0.2) is 24.4 Å². The van der Waals surface area contributed by atoms with Gasteiger partial charge in [-0.25, -0.2) is 0 Å². The van der Waals surface area contributed by atoms with Crippen LogP contribution in [0, 0.1) is 11.3 Å². The van der Waals surface area contributed by atoms with Crippen LogP contribution < -0.4 is 10.5 Å². The molecule has 0 fully saturated rings. The fourth-order valence-corrected chi connectivity index (χ4v) is 1.26. The molecule has 0 atom stereocenters. The van der Waals surface area contributed by atoms with Gasteiger partial charge in [0.05, 0.1) is 13.3 Å². The molecular formula is C10H9N5O. The first-order valence-corrected chi connectivity index (χ1v) is 4.51. The van der Waals surface area contributed by atoms with Crippen molar-refractivity contribution >= 4 is 5.82 Å². The average Bonchev–Trinajstić information content (AvgIpc) is 2.70. The van der Waals surface area contributed by atoms with Crippen LogP contribution in [0.1, 0.15) is 5.56 Å². The predicted octanol–water partition coefficient (Wildman–Crippen LogP) is 0.730. The summed E-state index contributed by atoms with van der Waals surface area (Å²) in [7, 11) is 1.53. The third-order valence-electron chi connectivity index (χ3n) is 2.06. The Balaban J connectivity index is 2.51. The summed E-state index contributed by atoms with van der Waals surface area (Å²) >= 11 is 0. The van der Waals surface area contributed by atoms with Gasteiger partial charge in [-0.1, -0.05) is 6.07 Å². The summed E-state index contributed by atoms with van der Waals surface area (Å²) in [6.45, 7) is 0. The number of hydrogen-bond acceptors (Lipinski definition) is 5. The van der Waals surface area contributed by atoms with Gasteiger partial charge in [0.25, 0.3) is 0 Å². The maximum Gasteiger partial charge on any atom is 0.214 e. The fourth-order valence-electron chi connectivity index (χ4n) is 1.26. The molecule has 0 saturated carbocycles.